The summed E-state index contributed by atoms with van der Waals surface area (Å²) in [7, 11) is 3.99. The van der Waals surface area contributed by atoms with Crippen LogP contribution in [-0.2, 0) is 6.42 Å². The van der Waals surface area contributed by atoms with Crippen LogP contribution in [0, 0.1) is 0 Å². The molecule has 7 heteroatoms. The number of nitrogens with one attached hydrogen (secondary N) is 2. The number of hydrogen-bond donors (Lipinski definition) is 2. The number of rotatable bonds is 8. The van der Waals surface area contributed by atoms with Crippen molar-refractivity contribution in [2.45, 2.75) is 19.4 Å². The summed E-state index contributed by atoms with van der Waals surface area (Å²) in [5.74, 6) is -0.473. The van der Waals surface area contributed by atoms with Crippen LogP contribution in [0.25, 0.3) is 0 Å². The molecular weight excluding hydrogens is 396 g/mol. The van der Waals surface area contributed by atoms with E-state index in [0.29, 0.717) is 22.7 Å². The summed E-state index contributed by atoms with van der Waals surface area (Å²) in [6.45, 7) is 2.59. The Morgan fingerprint density at radius 2 is 1.73 bits per heavy atom. The summed E-state index contributed by atoms with van der Waals surface area (Å²) >= 11 is 1.30. The molecule has 156 valence electrons. The molecule has 0 radical (unpaired) electrons. The number of aromatic nitrogens is 1. The Balaban J connectivity index is 1.67. The van der Waals surface area contributed by atoms with Crippen LogP contribution in [0.1, 0.15) is 44.1 Å². The second-order valence-corrected chi connectivity index (χ2v) is 8.05. The second kappa shape index (κ2) is 10.1. The number of carbonyl (C=O) groups excluding carboxylic acids is 2. The lowest BCUT2D eigenvalue weighted by Gasteiger charge is -2.25. The van der Waals surface area contributed by atoms with Crippen LogP contribution in [0.4, 0.5) is 5.69 Å². The van der Waals surface area contributed by atoms with E-state index in [0.717, 1.165) is 12.0 Å². The predicted octanol–water partition coefficient (Wildman–Crippen LogP) is 3.99. The third kappa shape index (κ3) is 5.31. The van der Waals surface area contributed by atoms with Gasteiger partial charge in [0.05, 0.1) is 11.7 Å². The van der Waals surface area contributed by atoms with Crippen LogP contribution in [0.15, 0.2) is 60.2 Å². The summed E-state index contributed by atoms with van der Waals surface area (Å²) in [4.78, 5) is 31.7. The third-order valence-electron chi connectivity index (χ3n) is 4.91. The molecule has 0 saturated carbocycles. The second-order valence-electron chi connectivity index (χ2n) is 7.14. The van der Waals surface area contributed by atoms with E-state index >= 15 is 0 Å². The summed E-state index contributed by atoms with van der Waals surface area (Å²) in [5.41, 5.74) is 3.43. The van der Waals surface area contributed by atoms with Crippen molar-refractivity contribution < 1.29 is 9.59 Å². The molecule has 0 saturated heterocycles. The zero-order chi connectivity index (χ0) is 21.5. The van der Waals surface area contributed by atoms with E-state index in [9.17, 15) is 9.59 Å². The van der Waals surface area contributed by atoms with Crippen molar-refractivity contribution in [2.75, 3.05) is 26.0 Å². The highest BCUT2D eigenvalue weighted by molar-refractivity contribution is 7.12. The number of nitrogens with zero attached hydrogens (tertiary/aromatic N) is 2. The molecule has 1 aromatic carbocycles. The molecule has 6 nitrogen and oxygen atoms in total. The van der Waals surface area contributed by atoms with Gasteiger partial charge < -0.3 is 15.5 Å². The SMILES string of the molecule is CCc1ccc(C(CNC(=O)c2sccc2NC(=O)c2ccncc2)N(C)C)cc1. The highest BCUT2D eigenvalue weighted by Crippen LogP contribution is 2.24. The topological polar surface area (TPSA) is 74.3 Å². The van der Waals surface area contributed by atoms with Crippen LogP contribution in [0.5, 0.6) is 0 Å². The Morgan fingerprint density at radius 3 is 2.37 bits per heavy atom. The van der Waals surface area contributed by atoms with Crippen LogP contribution in [0.3, 0.4) is 0 Å². The molecular formula is C23H26N4O2S. The van der Waals surface area contributed by atoms with Crippen molar-refractivity contribution in [1.82, 2.24) is 15.2 Å². The van der Waals surface area contributed by atoms with Gasteiger partial charge in [-0.3, -0.25) is 14.6 Å². The molecule has 0 aliphatic heterocycles. The van der Waals surface area contributed by atoms with Gasteiger partial charge in [-0.05, 0) is 55.2 Å². The van der Waals surface area contributed by atoms with E-state index < -0.39 is 0 Å². The maximum absolute atomic E-state index is 12.8. The van der Waals surface area contributed by atoms with Gasteiger partial charge in [0.2, 0.25) is 0 Å². The smallest absolute Gasteiger partial charge is 0.263 e. The minimum absolute atomic E-state index is 0.0506. The van der Waals surface area contributed by atoms with Gasteiger partial charge in [0, 0.05) is 24.5 Å². The maximum Gasteiger partial charge on any atom is 0.263 e. The van der Waals surface area contributed by atoms with E-state index in [1.54, 1.807) is 36.0 Å². The third-order valence-corrected chi connectivity index (χ3v) is 5.83. The maximum atomic E-state index is 12.8. The number of thiophene rings is 1. The normalized spacial score (nSPS) is 11.9. The van der Waals surface area contributed by atoms with E-state index in [1.165, 1.54) is 16.9 Å². The van der Waals surface area contributed by atoms with E-state index in [1.807, 2.05) is 14.1 Å². The number of benzene rings is 1. The highest BCUT2D eigenvalue weighted by atomic mass is 32.1. The Morgan fingerprint density at radius 1 is 1.03 bits per heavy atom. The van der Waals surface area contributed by atoms with Crippen molar-refractivity contribution in [3.63, 3.8) is 0 Å². The molecule has 3 aromatic rings. The lowest BCUT2D eigenvalue weighted by Crippen LogP contribution is -2.34. The number of likely N-dealkylation sites (N-methyl/N-ethyl adjacent to an activating group) is 1. The van der Waals surface area contributed by atoms with Crippen LogP contribution < -0.4 is 10.6 Å². The number of pyridine rings is 1. The molecule has 30 heavy (non-hydrogen) atoms. The summed E-state index contributed by atoms with van der Waals surface area (Å²) in [6.07, 6.45) is 4.12. The largest absolute Gasteiger partial charge is 0.349 e. The lowest BCUT2D eigenvalue weighted by molar-refractivity contribution is 0.0947. The first-order valence-electron chi connectivity index (χ1n) is 9.82. The van der Waals surface area contributed by atoms with Crippen LogP contribution >= 0.6 is 11.3 Å². The number of hydrogen-bond acceptors (Lipinski definition) is 5. The number of anilines is 1. The Hall–Kier alpha value is -3.03. The molecule has 0 aliphatic rings. The number of carbonyl (C=O) groups is 2. The Bertz CT molecular complexity index is 984. The van der Waals surface area contributed by atoms with Gasteiger partial charge in [0.1, 0.15) is 4.88 Å². The molecule has 2 aromatic heterocycles. The van der Waals surface area contributed by atoms with Crippen LogP contribution in [-0.4, -0.2) is 42.3 Å². The standard InChI is InChI=1S/C23H26N4O2S/c1-4-16-5-7-17(8-6-16)20(27(2)3)15-25-23(29)21-19(11-14-30-21)26-22(28)18-9-12-24-13-10-18/h5-14,20H,4,15H2,1-3H3,(H,25,29)(H,26,28). The molecule has 0 fully saturated rings. The van der Waals surface area contributed by atoms with Gasteiger partial charge in [-0.25, -0.2) is 0 Å². The summed E-state index contributed by atoms with van der Waals surface area (Å²) in [6, 6.07) is 13.5. The zero-order valence-corrected chi connectivity index (χ0v) is 18.2. The molecule has 0 spiro atoms. The molecule has 0 aliphatic carbocycles. The number of amides is 2. The first kappa shape index (κ1) is 21.7. The molecule has 0 bridgehead atoms. The van der Waals surface area contributed by atoms with E-state index in [2.05, 4.69) is 51.7 Å². The zero-order valence-electron chi connectivity index (χ0n) is 17.4. The highest BCUT2D eigenvalue weighted by Gasteiger charge is 2.19. The van der Waals surface area contributed by atoms with Gasteiger partial charge in [-0.2, -0.15) is 0 Å². The molecule has 1 unspecified atom stereocenters. The van der Waals surface area contributed by atoms with Gasteiger partial charge >= 0.3 is 0 Å². The van der Waals surface area contributed by atoms with Crippen molar-refractivity contribution in [3.8, 4) is 0 Å². The van der Waals surface area contributed by atoms with Gasteiger partial charge in [-0.1, -0.05) is 31.2 Å². The van der Waals surface area contributed by atoms with Crippen LogP contribution in [0.2, 0.25) is 0 Å². The lowest BCUT2D eigenvalue weighted by atomic mass is 10.0. The van der Waals surface area contributed by atoms with E-state index in [-0.39, 0.29) is 17.9 Å². The average Bonchev–Trinajstić information content (AvgIpc) is 3.22. The fourth-order valence-corrected chi connectivity index (χ4v) is 3.89. The minimum Gasteiger partial charge on any atom is -0.349 e. The average molecular weight is 423 g/mol. The molecule has 2 amide bonds. The fraction of sp³-hybridized carbons (Fsp3) is 0.261. The Kier molecular flexibility index (Phi) is 7.32. The van der Waals surface area contributed by atoms with Gasteiger partial charge in [-0.15, -0.1) is 11.3 Å². The van der Waals surface area contributed by atoms with Gasteiger partial charge in [0.25, 0.3) is 11.8 Å². The van der Waals surface area contributed by atoms with Crippen molar-refractivity contribution >= 4 is 28.8 Å². The molecule has 2 heterocycles. The number of aryl methyl sites for hydroxylation is 1. The summed E-state index contributed by atoms with van der Waals surface area (Å²) < 4.78 is 0. The van der Waals surface area contributed by atoms with Crippen molar-refractivity contribution in [3.05, 3.63) is 81.8 Å². The molecule has 3 rings (SSSR count). The minimum atomic E-state index is -0.271. The Labute approximate surface area is 181 Å². The quantitative estimate of drug-likeness (QED) is 0.576. The van der Waals surface area contributed by atoms with Crippen molar-refractivity contribution in [2.24, 2.45) is 0 Å². The fourth-order valence-electron chi connectivity index (χ4n) is 3.13. The first-order chi connectivity index (χ1) is 14.5. The monoisotopic (exact) mass is 422 g/mol. The molecule has 1 atom stereocenters. The summed E-state index contributed by atoms with van der Waals surface area (Å²) in [5, 5.41) is 7.63. The first-order valence-corrected chi connectivity index (χ1v) is 10.7. The molecule has 2 N–H and O–H groups in total. The van der Waals surface area contributed by atoms with Crippen molar-refractivity contribution in [1.29, 1.82) is 0 Å². The predicted molar refractivity (Wildman–Crippen MR) is 121 cm³/mol. The van der Waals surface area contributed by atoms with Gasteiger partial charge in [0.15, 0.2) is 0 Å². The van der Waals surface area contributed by atoms with E-state index in [4.69, 9.17) is 0 Å².